The van der Waals surface area contributed by atoms with Crippen LogP contribution < -0.4 is 21.4 Å². The molecule has 8 aromatic carbocycles. The molecule has 0 radical (unpaired) electrons. The molecule has 0 unspecified atom stereocenters. The van der Waals surface area contributed by atoms with Crippen LogP contribution in [0.1, 0.15) is 45.0 Å². The van der Waals surface area contributed by atoms with Crippen molar-refractivity contribution in [1.82, 2.24) is 19.9 Å². The van der Waals surface area contributed by atoms with Gasteiger partial charge in [-0.2, -0.15) is 0 Å². The largest absolute Gasteiger partial charge is 0.354 e. The third-order valence-electron chi connectivity index (χ3n) is 13.9. The van der Waals surface area contributed by atoms with Crippen LogP contribution in [-0.2, 0) is 0 Å². The summed E-state index contributed by atoms with van der Waals surface area (Å²) >= 11 is 0. The average Bonchev–Trinajstić information content (AvgIpc) is 4.29. The van der Waals surface area contributed by atoms with E-state index < -0.39 is 0 Å². The molecule has 1 aliphatic rings. The van der Waals surface area contributed by atoms with Crippen LogP contribution >= 0.6 is 0 Å². The maximum absolute atomic E-state index is 4.24. The lowest BCUT2D eigenvalue weighted by atomic mass is 9.88. The lowest BCUT2D eigenvalue weighted by Crippen LogP contribution is -2.19. The highest BCUT2D eigenvalue weighted by Crippen LogP contribution is 2.46. The molecule has 8 bridgehead atoms. The van der Waals surface area contributed by atoms with E-state index in [1.807, 2.05) is 0 Å². The second-order valence-corrected chi connectivity index (χ2v) is 18.2. The van der Waals surface area contributed by atoms with Crippen LogP contribution in [0.2, 0.25) is 0 Å². The number of aromatic amines is 4. The first kappa shape index (κ1) is 42.5. The summed E-state index contributed by atoms with van der Waals surface area (Å²) in [6.07, 6.45) is 0. The smallest absolute Gasteiger partial charge is 0.0572 e. The molecule has 0 atom stereocenters. The minimum Gasteiger partial charge on any atom is -0.354 e. The summed E-state index contributed by atoms with van der Waals surface area (Å²) < 4.78 is 0. The third kappa shape index (κ3) is 7.50. The van der Waals surface area contributed by atoms with Crippen LogP contribution in [0, 0.1) is 0 Å². The Morgan fingerprint density at radius 1 is 0.153 bits per heavy atom. The summed E-state index contributed by atoms with van der Waals surface area (Å²) in [7, 11) is 0. The molecule has 1 aliphatic heterocycles. The average molecular weight is 921 g/mol. The Balaban J connectivity index is 1.32. The molecule has 0 saturated carbocycles. The molecule has 12 aromatic rings. The molecule has 4 nitrogen and oxygen atoms in total. The van der Waals surface area contributed by atoms with Crippen molar-refractivity contribution < 1.29 is 0 Å². The van der Waals surface area contributed by atoms with Gasteiger partial charge in [0.1, 0.15) is 0 Å². The monoisotopic (exact) mass is 920 g/mol. The highest BCUT2D eigenvalue weighted by molar-refractivity contribution is 6.03. The fraction of sp³-hybridized carbons (Fsp3) is 0. The Morgan fingerprint density at radius 3 is 0.500 bits per heavy atom. The predicted molar refractivity (Wildman–Crippen MR) is 296 cm³/mol. The Morgan fingerprint density at radius 2 is 0.319 bits per heavy atom. The van der Waals surface area contributed by atoms with Crippen molar-refractivity contribution in [2.75, 3.05) is 0 Å². The molecule has 0 amide bonds. The van der Waals surface area contributed by atoms with E-state index in [-0.39, 0.29) is 0 Å². The molecule has 4 aromatic heterocycles. The summed E-state index contributed by atoms with van der Waals surface area (Å²) in [6.45, 7) is 0. The van der Waals surface area contributed by atoms with E-state index >= 15 is 0 Å². The van der Waals surface area contributed by atoms with Gasteiger partial charge in [0.25, 0.3) is 0 Å². The summed E-state index contributed by atoms with van der Waals surface area (Å²) in [6, 6.07) is 95.8. The summed E-state index contributed by atoms with van der Waals surface area (Å²) in [5.41, 5.74) is 21.5. The molecular weight excluding hydrogens is 873 g/mol. The molecular formula is C68H48N4. The topological polar surface area (TPSA) is 63.2 Å². The number of rotatable bonds is 8. The van der Waals surface area contributed by atoms with Crippen LogP contribution in [-0.4, -0.2) is 19.9 Å². The fourth-order valence-electron chi connectivity index (χ4n) is 10.9. The number of nitrogens with one attached hydrogen (secondary N) is 4. The molecule has 0 aliphatic carbocycles. The van der Waals surface area contributed by atoms with Gasteiger partial charge in [0.15, 0.2) is 0 Å². The van der Waals surface area contributed by atoms with E-state index in [0.29, 0.717) is 0 Å². The lowest BCUT2D eigenvalue weighted by molar-refractivity contribution is 1.19. The Labute approximate surface area is 418 Å². The van der Waals surface area contributed by atoms with Gasteiger partial charge in [0.2, 0.25) is 0 Å². The molecule has 340 valence electrons. The van der Waals surface area contributed by atoms with Crippen molar-refractivity contribution in [2.24, 2.45) is 0 Å². The normalized spacial score (nSPS) is 12.3. The van der Waals surface area contributed by atoms with Gasteiger partial charge in [-0.05, 0) is 68.8 Å². The zero-order chi connectivity index (χ0) is 47.8. The zero-order valence-electron chi connectivity index (χ0n) is 39.4. The number of benzene rings is 8. The van der Waals surface area contributed by atoms with Crippen molar-refractivity contribution in [3.8, 4) is 44.5 Å². The fourth-order valence-corrected chi connectivity index (χ4v) is 10.9. The Kier molecular flexibility index (Phi) is 10.8. The highest BCUT2D eigenvalue weighted by atomic mass is 14.8. The predicted octanol–water partition coefficient (Wildman–Crippen LogP) is 13.0. The quantitative estimate of drug-likeness (QED) is 0.117. The minimum absolute atomic E-state index is 0.984. The first-order chi connectivity index (χ1) is 35.8. The van der Waals surface area contributed by atoms with Crippen LogP contribution in [0.5, 0.6) is 0 Å². The van der Waals surface area contributed by atoms with Gasteiger partial charge in [-0.25, -0.2) is 0 Å². The molecule has 4 N–H and O–H groups in total. The number of hydrogen-bond acceptors (Lipinski definition) is 0. The summed E-state index contributed by atoms with van der Waals surface area (Å²) in [4.78, 5) is 16.7. The SMILES string of the molecule is c1ccc(C2=c3ccc([nH]3)=C(c3ccccc3)c3[nH]c(c(-c4ccccc4)c3-c3ccccc3)C(c3ccccc3)=c3ccc([nH]3)=C(c3ccccc3)c3[nH]c2c(-c2ccccc2)c3-c2ccccc2)cc1. The van der Waals surface area contributed by atoms with Crippen LogP contribution in [0.25, 0.3) is 66.8 Å². The molecule has 0 spiro atoms. The van der Waals surface area contributed by atoms with Crippen LogP contribution in [0.3, 0.4) is 0 Å². The van der Waals surface area contributed by atoms with E-state index in [1.54, 1.807) is 0 Å². The minimum atomic E-state index is 0.984. The van der Waals surface area contributed by atoms with E-state index in [2.05, 4.69) is 287 Å². The van der Waals surface area contributed by atoms with Crippen molar-refractivity contribution in [3.63, 3.8) is 0 Å². The lowest BCUT2D eigenvalue weighted by Gasteiger charge is -2.14. The van der Waals surface area contributed by atoms with Gasteiger partial charge in [0, 0.05) is 65.9 Å². The van der Waals surface area contributed by atoms with Crippen molar-refractivity contribution in [3.05, 3.63) is 333 Å². The van der Waals surface area contributed by atoms with Crippen LogP contribution in [0.4, 0.5) is 0 Å². The second kappa shape index (κ2) is 18.4. The first-order valence-corrected chi connectivity index (χ1v) is 24.6. The van der Waals surface area contributed by atoms with Gasteiger partial charge in [-0.1, -0.05) is 243 Å². The zero-order valence-corrected chi connectivity index (χ0v) is 39.4. The summed E-state index contributed by atoms with van der Waals surface area (Å²) in [5, 5.41) is 3.94. The Hall–Kier alpha value is -9.64. The molecule has 0 saturated heterocycles. The maximum Gasteiger partial charge on any atom is 0.0572 e. The third-order valence-corrected chi connectivity index (χ3v) is 13.9. The van der Waals surface area contributed by atoms with Gasteiger partial charge >= 0.3 is 0 Å². The van der Waals surface area contributed by atoms with Crippen molar-refractivity contribution in [2.45, 2.75) is 0 Å². The second-order valence-electron chi connectivity index (χ2n) is 18.2. The van der Waals surface area contributed by atoms with E-state index in [0.717, 1.165) is 133 Å². The number of aromatic nitrogens is 4. The van der Waals surface area contributed by atoms with Gasteiger partial charge in [0.05, 0.1) is 22.8 Å². The molecule has 4 heteroatoms. The van der Waals surface area contributed by atoms with Gasteiger partial charge in [-0.15, -0.1) is 0 Å². The molecule has 0 fully saturated rings. The van der Waals surface area contributed by atoms with Gasteiger partial charge < -0.3 is 19.9 Å². The Bertz CT molecular complexity index is 3590. The molecule has 72 heavy (non-hydrogen) atoms. The molecule has 13 rings (SSSR count). The highest BCUT2D eigenvalue weighted by Gasteiger charge is 2.30. The van der Waals surface area contributed by atoms with Crippen molar-refractivity contribution >= 4 is 22.3 Å². The van der Waals surface area contributed by atoms with E-state index in [4.69, 9.17) is 0 Å². The van der Waals surface area contributed by atoms with E-state index in [1.165, 1.54) is 0 Å². The van der Waals surface area contributed by atoms with E-state index in [9.17, 15) is 0 Å². The number of hydrogen-bond donors (Lipinski definition) is 4. The first-order valence-electron chi connectivity index (χ1n) is 24.6. The number of fused-ring (bicyclic) bond motifs is 8. The summed E-state index contributed by atoms with van der Waals surface area (Å²) in [5.74, 6) is 0. The number of H-pyrrole nitrogens is 4. The van der Waals surface area contributed by atoms with Crippen molar-refractivity contribution in [1.29, 1.82) is 0 Å². The standard InChI is InChI=1S/C68H48N4/c1-9-25-45(26-10-1)57-53-41-42-54(69-53)58(46-27-11-2-12-28-46)67-63(51-37-21-7-22-38-51)64(52-39-23-8-24-40-52)68(72-67)60(48-31-15-4-16-32-48)56-44-43-55(70-56)59(47-29-13-3-14-30-47)66-62(50-35-19-6-20-36-50)61(65(57)71-66)49-33-17-5-18-34-49/h1-44,69-72H. The maximum atomic E-state index is 4.24. The van der Waals surface area contributed by atoms with Gasteiger partial charge in [-0.3, -0.25) is 0 Å². The molecule has 5 heterocycles. The van der Waals surface area contributed by atoms with Crippen LogP contribution in [0.15, 0.2) is 267 Å².